The minimum absolute atomic E-state index is 0.956. The molecule has 3 aliphatic rings. The summed E-state index contributed by atoms with van der Waals surface area (Å²) >= 11 is 0. The first-order chi connectivity index (χ1) is 10.8. The summed E-state index contributed by atoms with van der Waals surface area (Å²) in [5, 5.41) is 0. The van der Waals surface area contributed by atoms with Crippen LogP contribution < -0.4 is 4.90 Å². The first kappa shape index (κ1) is 15.9. The number of hydrogen-bond donors (Lipinski definition) is 0. The van der Waals surface area contributed by atoms with Gasteiger partial charge in [-0.3, -0.25) is 0 Å². The van der Waals surface area contributed by atoms with Gasteiger partial charge in [-0.25, -0.2) is 0 Å². The van der Waals surface area contributed by atoms with Crippen LogP contribution in [0, 0.1) is 5.92 Å². The molecule has 2 fully saturated rings. The molecule has 22 heavy (non-hydrogen) atoms. The van der Waals surface area contributed by atoms with E-state index in [4.69, 9.17) is 0 Å². The molecule has 2 heteroatoms. The second kappa shape index (κ2) is 7.50. The molecule has 122 valence electrons. The van der Waals surface area contributed by atoms with Gasteiger partial charge in [0.2, 0.25) is 0 Å². The molecule has 4 rings (SSSR count). The van der Waals surface area contributed by atoms with Crippen LogP contribution in [0.3, 0.4) is 0 Å². The van der Waals surface area contributed by atoms with Crippen LogP contribution in [0.4, 0.5) is 5.69 Å². The molecule has 0 N–H and O–H groups in total. The third kappa shape index (κ3) is 3.65. The van der Waals surface area contributed by atoms with Crippen molar-refractivity contribution in [1.29, 1.82) is 0 Å². The predicted octanol–water partition coefficient (Wildman–Crippen LogP) is 4.34. The summed E-state index contributed by atoms with van der Waals surface area (Å²) in [6, 6.07) is 9.62. The van der Waals surface area contributed by atoms with Gasteiger partial charge in [0.05, 0.1) is 0 Å². The minimum atomic E-state index is 0.956. The molecule has 1 saturated carbocycles. The SMILES string of the molecule is CN1CCCC2CCCCC21.CN1CCCc2ccccc21. The molecule has 2 unspecified atom stereocenters. The molecule has 2 nitrogen and oxygen atoms in total. The van der Waals surface area contributed by atoms with Gasteiger partial charge in [-0.1, -0.05) is 31.0 Å². The van der Waals surface area contributed by atoms with E-state index in [1.165, 1.54) is 75.7 Å². The Morgan fingerprint density at radius 2 is 1.64 bits per heavy atom. The van der Waals surface area contributed by atoms with Crippen LogP contribution in [0.5, 0.6) is 0 Å². The minimum Gasteiger partial charge on any atom is -0.374 e. The average Bonchev–Trinajstić information content (AvgIpc) is 2.57. The first-order valence-electron chi connectivity index (χ1n) is 9.25. The summed E-state index contributed by atoms with van der Waals surface area (Å²) in [4.78, 5) is 4.92. The molecule has 0 radical (unpaired) electrons. The van der Waals surface area contributed by atoms with E-state index in [1.54, 1.807) is 0 Å². The first-order valence-corrected chi connectivity index (χ1v) is 9.25. The van der Waals surface area contributed by atoms with Crippen LogP contribution in [0.15, 0.2) is 24.3 Å². The summed E-state index contributed by atoms with van der Waals surface area (Å²) in [6.07, 6.45) is 11.5. The molecule has 2 aliphatic heterocycles. The number of piperidine rings is 1. The van der Waals surface area contributed by atoms with Crippen molar-refractivity contribution in [3.63, 3.8) is 0 Å². The van der Waals surface area contributed by atoms with Crippen LogP contribution in [-0.4, -0.2) is 38.1 Å². The van der Waals surface area contributed by atoms with Crippen molar-refractivity contribution in [2.45, 2.75) is 57.4 Å². The van der Waals surface area contributed by atoms with E-state index in [2.05, 4.69) is 48.2 Å². The van der Waals surface area contributed by atoms with E-state index in [0.717, 1.165) is 12.0 Å². The second-order valence-electron chi connectivity index (χ2n) is 7.39. The normalized spacial score (nSPS) is 28.2. The lowest BCUT2D eigenvalue weighted by molar-refractivity contribution is 0.0841. The smallest absolute Gasteiger partial charge is 0.0396 e. The van der Waals surface area contributed by atoms with E-state index in [1.807, 2.05) is 0 Å². The van der Waals surface area contributed by atoms with Crippen molar-refractivity contribution < 1.29 is 0 Å². The predicted molar refractivity (Wildman–Crippen MR) is 95.6 cm³/mol. The van der Waals surface area contributed by atoms with Gasteiger partial charge in [0.15, 0.2) is 0 Å². The maximum atomic E-state index is 2.59. The molecule has 2 atom stereocenters. The highest BCUT2D eigenvalue weighted by Gasteiger charge is 2.30. The number of para-hydroxylation sites is 1. The zero-order valence-corrected chi connectivity index (χ0v) is 14.4. The summed E-state index contributed by atoms with van der Waals surface area (Å²) in [5.74, 6) is 1.06. The van der Waals surface area contributed by atoms with E-state index >= 15 is 0 Å². The quantitative estimate of drug-likeness (QED) is 0.703. The highest BCUT2D eigenvalue weighted by atomic mass is 15.1. The molecule has 1 saturated heterocycles. The van der Waals surface area contributed by atoms with Crippen LogP contribution in [0.2, 0.25) is 0 Å². The van der Waals surface area contributed by atoms with Gasteiger partial charge < -0.3 is 9.80 Å². The third-order valence-electron chi connectivity index (χ3n) is 5.86. The Labute approximate surface area is 136 Å². The zero-order chi connectivity index (χ0) is 15.4. The highest BCUT2D eigenvalue weighted by Crippen LogP contribution is 2.34. The van der Waals surface area contributed by atoms with Crippen LogP contribution in [0.1, 0.15) is 50.5 Å². The molecule has 2 heterocycles. The van der Waals surface area contributed by atoms with Gasteiger partial charge in [-0.05, 0) is 69.7 Å². The molecular formula is C20H32N2. The number of rotatable bonds is 0. The molecule has 0 spiro atoms. The lowest BCUT2D eigenvalue weighted by atomic mass is 9.79. The van der Waals surface area contributed by atoms with Crippen molar-refractivity contribution in [3.8, 4) is 0 Å². The third-order valence-corrected chi connectivity index (χ3v) is 5.86. The van der Waals surface area contributed by atoms with E-state index < -0.39 is 0 Å². The number of fused-ring (bicyclic) bond motifs is 2. The number of likely N-dealkylation sites (tertiary alicyclic amines) is 1. The summed E-state index contributed by atoms with van der Waals surface area (Å²) in [5.41, 5.74) is 2.92. The Morgan fingerprint density at radius 1 is 0.864 bits per heavy atom. The van der Waals surface area contributed by atoms with E-state index in [-0.39, 0.29) is 0 Å². The molecule has 1 aromatic carbocycles. The van der Waals surface area contributed by atoms with Gasteiger partial charge in [-0.2, -0.15) is 0 Å². The van der Waals surface area contributed by atoms with Crippen molar-refractivity contribution >= 4 is 5.69 Å². The van der Waals surface area contributed by atoms with Crippen LogP contribution in [-0.2, 0) is 6.42 Å². The Morgan fingerprint density at radius 3 is 2.45 bits per heavy atom. The Balaban J connectivity index is 0.000000131. The Hall–Kier alpha value is -1.02. The topological polar surface area (TPSA) is 6.48 Å². The van der Waals surface area contributed by atoms with Gasteiger partial charge >= 0.3 is 0 Å². The van der Waals surface area contributed by atoms with Gasteiger partial charge in [-0.15, -0.1) is 0 Å². The molecule has 0 amide bonds. The Bertz CT molecular complexity index is 469. The Kier molecular flexibility index (Phi) is 5.41. The lowest BCUT2D eigenvalue weighted by Gasteiger charge is -2.42. The summed E-state index contributed by atoms with van der Waals surface area (Å²) in [7, 11) is 4.47. The van der Waals surface area contributed by atoms with Crippen molar-refractivity contribution in [2.75, 3.05) is 32.1 Å². The fraction of sp³-hybridized carbons (Fsp3) is 0.700. The average molecular weight is 300 g/mol. The highest BCUT2D eigenvalue weighted by molar-refractivity contribution is 5.54. The van der Waals surface area contributed by atoms with E-state index in [0.29, 0.717) is 0 Å². The van der Waals surface area contributed by atoms with Gasteiger partial charge in [0.1, 0.15) is 0 Å². The van der Waals surface area contributed by atoms with Crippen LogP contribution >= 0.6 is 0 Å². The fourth-order valence-electron chi connectivity index (χ4n) is 4.60. The number of aryl methyl sites for hydroxylation is 1. The van der Waals surface area contributed by atoms with Crippen molar-refractivity contribution in [3.05, 3.63) is 29.8 Å². The fourth-order valence-corrected chi connectivity index (χ4v) is 4.60. The summed E-state index contributed by atoms with van der Waals surface area (Å²) < 4.78 is 0. The maximum Gasteiger partial charge on any atom is 0.0396 e. The second-order valence-corrected chi connectivity index (χ2v) is 7.39. The number of hydrogen-bond acceptors (Lipinski definition) is 2. The standard InChI is InChI=1S/C10H19N.C10H13N/c2*1-11-8-4-6-9-5-2-3-7-10(9)11/h9-10H,2-8H2,1H3;2-3,5,7H,4,6,8H2,1H3. The van der Waals surface area contributed by atoms with E-state index in [9.17, 15) is 0 Å². The molecule has 1 aliphatic carbocycles. The monoisotopic (exact) mass is 300 g/mol. The lowest BCUT2D eigenvalue weighted by Crippen LogP contribution is -2.44. The van der Waals surface area contributed by atoms with Gasteiger partial charge in [0.25, 0.3) is 0 Å². The maximum absolute atomic E-state index is 2.59. The summed E-state index contributed by atoms with van der Waals surface area (Å²) in [6.45, 7) is 2.55. The molecule has 1 aromatic rings. The molecule has 0 aromatic heterocycles. The zero-order valence-electron chi connectivity index (χ0n) is 14.4. The number of anilines is 1. The van der Waals surface area contributed by atoms with Crippen LogP contribution in [0.25, 0.3) is 0 Å². The number of benzene rings is 1. The van der Waals surface area contributed by atoms with Crippen molar-refractivity contribution in [1.82, 2.24) is 4.90 Å². The molecular weight excluding hydrogens is 268 g/mol. The molecule has 0 bridgehead atoms. The van der Waals surface area contributed by atoms with Crippen molar-refractivity contribution in [2.24, 2.45) is 5.92 Å². The number of nitrogens with zero attached hydrogens (tertiary/aromatic N) is 2. The van der Waals surface area contributed by atoms with Gasteiger partial charge in [0, 0.05) is 25.3 Å². The largest absolute Gasteiger partial charge is 0.374 e.